The molecule has 4 N–H and O–H groups in total. The minimum Gasteiger partial charge on any atom is -0.398 e. The van der Waals surface area contributed by atoms with Gasteiger partial charge in [-0.25, -0.2) is 0 Å². The van der Waals surface area contributed by atoms with Crippen molar-refractivity contribution >= 4 is 5.70 Å². The van der Waals surface area contributed by atoms with E-state index in [1.54, 1.807) is 11.3 Å². The van der Waals surface area contributed by atoms with Crippen LogP contribution in [0.2, 0.25) is 0 Å². The SMILES string of the molecule is C=C(C)C1=C(/C(N)=C\C)/C(=C2\Cc3cc4c(n32)C2CC42)C(N2CC(CN)C2)CC1. The lowest BCUT2D eigenvalue weighted by Crippen LogP contribution is -2.56. The molecular weight excluding hydrogens is 356 g/mol. The summed E-state index contributed by atoms with van der Waals surface area (Å²) in [5, 5.41) is 0. The number of allylic oxidation sites excluding steroid dienone is 5. The predicted octanol–water partition coefficient (Wildman–Crippen LogP) is 3.63. The Hall–Kier alpha value is -2.04. The van der Waals surface area contributed by atoms with Gasteiger partial charge >= 0.3 is 0 Å². The zero-order chi connectivity index (χ0) is 20.0. The Labute approximate surface area is 173 Å². The van der Waals surface area contributed by atoms with Crippen molar-refractivity contribution in [1.29, 1.82) is 0 Å². The number of rotatable bonds is 4. The maximum Gasteiger partial charge on any atom is 0.0375 e. The molecule has 3 heterocycles. The van der Waals surface area contributed by atoms with Crippen molar-refractivity contribution in [3.05, 3.63) is 63.7 Å². The highest BCUT2D eigenvalue weighted by Gasteiger charge is 2.56. The summed E-state index contributed by atoms with van der Waals surface area (Å²) in [6, 6.07) is 2.92. The van der Waals surface area contributed by atoms with Gasteiger partial charge in [-0.05, 0) is 74.3 Å². The Morgan fingerprint density at radius 2 is 2.10 bits per heavy atom. The third-order valence-electron chi connectivity index (χ3n) is 8.06. The van der Waals surface area contributed by atoms with E-state index >= 15 is 0 Å². The number of fused-ring (bicyclic) bond motifs is 6. The molecule has 0 amide bonds. The summed E-state index contributed by atoms with van der Waals surface area (Å²) in [4.78, 5) is 2.64. The molecule has 1 saturated carbocycles. The van der Waals surface area contributed by atoms with Gasteiger partial charge in [-0.1, -0.05) is 18.2 Å². The van der Waals surface area contributed by atoms with Crippen molar-refractivity contribution in [2.24, 2.45) is 17.4 Å². The fourth-order valence-corrected chi connectivity index (χ4v) is 6.34. The molecule has 5 aliphatic rings. The third kappa shape index (κ3) is 2.27. The first kappa shape index (κ1) is 17.8. The number of hydrogen-bond acceptors (Lipinski definition) is 3. The second-order valence-electron chi connectivity index (χ2n) is 9.79. The van der Waals surface area contributed by atoms with Crippen molar-refractivity contribution in [2.75, 3.05) is 19.6 Å². The van der Waals surface area contributed by atoms with Crippen molar-refractivity contribution in [3.63, 3.8) is 0 Å². The van der Waals surface area contributed by atoms with Crippen molar-refractivity contribution in [1.82, 2.24) is 9.47 Å². The summed E-state index contributed by atoms with van der Waals surface area (Å²) >= 11 is 0. The summed E-state index contributed by atoms with van der Waals surface area (Å²) in [6.07, 6.45) is 6.74. The molecule has 0 spiro atoms. The summed E-state index contributed by atoms with van der Waals surface area (Å²) in [5.74, 6) is 2.35. The van der Waals surface area contributed by atoms with Crippen LogP contribution in [-0.2, 0) is 6.42 Å². The maximum absolute atomic E-state index is 6.65. The number of hydrogen-bond donors (Lipinski definition) is 2. The topological polar surface area (TPSA) is 60.2 Å². The van der Waals surface area contributed by atoms with Crippen molar-refractivity contribution in [2.45, 2.75) is 57.4 Å². The Balaban J connectivity index is 1.51. The lowest BCUT2D eigenvalue weighted by molar-refractivity contribution is 0.0680. The molecule has 3 unspecified atom stereocenters. The van der Waals surface area contributed by atoms with Gasteiger partial charge in [0.05, 0.1) is 0 Å². The Bertz CT molecular complexity index is 1030. The molecule has 3 aliphatic carbocycles. The summed E-state index contributed by atoms with van der Waals surface area (Å²) in [7, 11) is 0. The van der Waals surface area contributed by atoms with E-state index in [0.29, 0.717) is 12.0 Å². The first-order valence-corrected chi connectivity index (χ1v) is 11.3. The molecule has 0 aromatic carbocycles. The minimum absolute atomic E-state index is 0.450. The maximum atomic E-state index is 6.65. The van der Waals surface area contributed by atoms with Crippen LogP contribution in [0.15, 0.2) is 46.7 Å². The van der Waals surface area contributed by atoms with E-state index < -0.39 is 0 Å². The van der Waals surface area contributed by atoms with Gasteiger partial charge in [0.15, 0.2) is 0 Å². The standard InChI is InChI=1S/C25H32N4/c1-4-20(27)23-16(13(2)3)5-6-21(28-11-14(10-26)12-28)24(23)22-8-15-7-18-17-9-19(17)25(18)29(15)22/h4,7,14,17,19,21H,2,5-6,8-12,26-27H2,1,3H3/b20-4+,24-22+. The lowest BCUT2D eigenvalue weighted by atomic mass is 9.75. The molecule has 2 fully saturated rings. The zero-order valence-electron chi connectivity index (χ0n) is 17.7. The molecule has 2 aliphatic heterocycles. The van der Waals surface area contributed by atoms with E-state index in [9.17, 15) is 0 Å². The van der Waals surface area contributed by atoms with E-state index in [1.807, 2.05) is 0 Å². The van der Waals surface area contributed by atoms with Gasteiger partial charge in [0, 0.05) is 59.8 Å². The molecular formula is C25H32N4. The summed E-state index contributed by atoms with van der Waals surface area (Å²) in [6.45, 7) is 11.5. The van der Waals surface area contributed by atoms with Gasteiger partial charge in [-0.3, -0.25) is 4.90 Å². The molecule has 0 radical (unpaired) electrons. The van der Waals surface area contributed by atoms with Gasteiger partial charge in [0.2, 0.25) is 0 Å². The van der Waals surface area contributed by atoms with E-state index in [-0.39, 0.29) is 0 Å². The zero-order valence-corrected chi connectivity index (χ0v) is 17.7. The fourth-order valence-electron chi connectivity index (χ4n) is 6.34. The van der Waals surface area contributed by atoms with Gasteiger partial charge in [-0.15, -0.1) is 0 Å². The molecule has 6 rings (SSSR count). The molecule has 1 saturated heterocycles. The van der Waals surface area contributed by atoms with Crippen LogP contribution >= 0.6 is 0 Å². The summed E-state index contributed by atoms with van der Waals surface area (Å²) in [5.41, 5.74) is 25.0. The highest BCUT2D eigenvalue weighted by molar-refractivity contribution is 5.77. The normalized spacial score (nSPS) is 33.3. The van der Waals surface area contributed by atoms with E-state index in [0.717, 1.165) is 62.0 Å². The van der Waals surface area contributed by atoms with Crippen LogP contribution in [0.25, 0.3) is 5.70 Å². The molecule has 1 aromatic heterocycles. The number of likely N-dealkylation sites (tertiary alicyclic amines) is 1. The van der Waals surface area contributed by atoms with Crippen LogP contribution in [0.5, 0.6) is 0 Å². The lowest BCUT2D eigenvalue weighted by Gasteiger charge is -2.48. The highest BCUT2D eigenvalue weighted by Crippen LogP contribution is 2.68. The molecule has 0 bridgehead atoms. The monoisotopic (exact) mass is 388 g/mol. The van der Waals surface area contributed by atoms with Gasteiger partial charge in [0.25, 0.3) is 0 Å². The quantitative estimate of drug-likeness (QED) is 0.828. The van der Waals surface area contributed by atoms with E-state index in [1.165, 1.54) is 34.5 Å². The number of nitrogens with zero attached hydrogens (tertiary/aromatic N) is 2. The molecule has 3 atom stereocenters. The Morgan fingerprint density at radius 1 is 1.31 bits per heavy atom. The molecule has 1 aromatic rings. The molecule has 4 nitrogen and oxygen atoms in total. The van der Waals surface area contributed by atoms with Crippen LogP contribution in [0, 0.1) is 5.92 Å². The number of aromatic nitrogens is 1. The Morgan fingerprint density at radius 3 is 2.79 bits per heavy atom. The third-order valence-corrected chi connectivity index (χ3v) is 8.06. The molecule has 152 valence electrons. The van der Waals surface area contributed by atoms with Gasteiger partial charge in [-0.2, -0.15) is 0 Å². The second kappa shape index (κ2) is 5.99. The van der Waals surface area contributed by atoms with Crippen LogP contribution in [-0.4, -0.2) is 35.1 Å². The molecule has 29 heavy (non-hydrogen) atoms. The highest BCUT2D eigenvalue weighted by atomic mass is 15.2. The second-order valence-corrected chi connectivity index (χ2v) is 9.79. The van der Waals surface area contributed by atoms with E-state index in [4.69, 9.17) is 11.5 Å². The average Bonchev–Trinajstić information content (AvgIpc) is 3.32. The smallest absolute Gasteiger partial charge is 0.0375 e. The average molecular weight is 389 g/mol. The van der Waals surface area contributed by atoms with Crippen LogP contribution in [0.3, 0.4) is 0 Å². The minimum atomic E-state index is 0.450. The molecule has 4 heteroatoms. The van der Waals surface area contributed by atoms with Crippen LogP contribution in [0.4, 0.5) is 0 Å². The van der Waals surface area contributed by atoms with Crippen molar-refractivity contribution < 1.29 is 0 Å². The summed E-state index contributed by atoms with van der Waals surface area (Å²) < 4.78 is 2.61. The van der Waals surface area contributed by atoms with Crippen LogP contribution in [0.1, 0.15) is 61.9 Å². The Kier molecular flexibility index (Phi) is 3.67. The predicted molar refractivity (Wildman–Crippen MR) is 118 cm³/mol. The first-order chi connectivity index (χ1) is 14.0. The first-order valence-electron chi connectivity index (χ1n) is 11.3. The van der Waals surface area contributed by atoms with Crippen LogP contribution < -0.4 is 11.5 Å². The fraction of sp³-hybridized carbons (Fsp3) is 0.520. The van der Waals surface area contributed by atoms with Gasteiger partial charge < -0.3 is 16.0 Å². The van der Waals surface area contributed by atoms with Crippen molar-refractivity contribution in [3.8, 4) is 0 Å². The largest absolute Gasteiger partial charge is 0.398 e. The van der Waals surface area contributed by atoms with E-state index in [2.05, 4.69) is 42.0 Å². The number of nitrogens with two attached hydrogens (primary N) is 2. The van der Waals surface area contributed by atoms with Gasteiger partial charge in [0.1, 0.15) is 0 Å².